The Balaban J connectivity index is 0.000000288. The SMILES string of the molecule is CNCc1cccn1C.O=C(O)C(=O)O. The molecule has 6 nitrogen and oxygen atoms in total. The van der Waals surface area contributed by atoms with Gasteiger partial charge in [-0.3, -0.25) is 0 Å². The van der Waals surface area contributed by atoms with E-state index < -0.39 is 11.9 Å². The highest BCUT2D eigenvalue weighted by Gasteiger charge is 2.04. The first-order valence-electron chi connectivity index (χ1n) is 4.20. The second-order valence-electron chi connectivity index (χ2n) is 2.75. The lowest BCUT2D eigenvalue weighted by Gasteiger charge is -1.99. The number of aromatic nitrogens is 1. The van der Waals surface area contributed by atoms with Crippen LogP contribution in [0, 0.1) is 0 Å². The van der Waals surface area contributed by atoms with Crippen LogP contribution in [0.5, 0.6) is 0 Å². The fourth-order valence-electron chi connectivity index (χ4n) is 0.861. The molecule has 0 atom stereocenters. The summed E-state index contributed by atoms with van der Waals surface area (Å²) in [6.45, 7) is 0.948. The summed E-state index contributed by atoms with van der Waals surface area (Å²) in [5.74, 6) is -3.65. The fourth-order valence-corrected chi connectivity index (χ4v) is 0.861. The summed E-state index contributed by atoms with van der Waals surface area (Å²) in [7, 11) is 4.00. The normalized spacial score (nSPS) is 8.93. The Morgan fingerprint density at radius 2 is 1.93 bits per heavy atom. The third-order valence-corrected chi connectivity index (χ3v) is 1.59. The Bertz CT molecular complexity index is 321. The Kier molecular flexibility index (Phi) is 5.81. The third-order valence-electron chi connectivity index (χ3n) is 1.59. The fraction of sp³-hybridized carbons (Fsp3) is 0.333. The Hall–Kier alpha value is -1.82. The Morgan fingerprint density at radius 3 is 2.20 bits per heavy atom. The molecule has 0 bridgehead atoms. The minimum absolute atomic E-state index is 0.948. The molecular formula is C9H14N2O4. The topological polar surface area (TPSA) is 91.6 Å². The van der Waals surface area contributed by atoms with Crippen LogP contribution in [0.3, 0.4) is 0 Å². The minimum atomic E-state index is -1.82. The van der Waals surface area contributed by atoms with E-state index in [9.17, 15) is 0 Å². The van der Waals surface area contributed by atoms with Crippen molar-refractivity contribution in [2.75, 3.05) is 7.05 Å². The van der Waals surface area contributed by atoms with Crippen LogP contribution in [0.25, 0.3) is 0 Å². The largest absolute Gasteiger partial charge is 0.473 e. The zero-order chi connectivity index (χ0) is 11.8. The molecule has 15 heavy (non-hydrogen) atoms. The number of hydrogen-bond acceptors (Lipinski definition) is 3. The van der Waals surface area contributed by atoms with E-state index >= 15 is 0 Å². The summed E-state index contributed by atoms with van der Waals surface area (Å²) in [6, 6.07) is 4.16. The number of aliphatic carboxylic acids is 2. The number of rotatable bonds is 2. The molecule has 0 saturated carbocycles. The van der Waals surface area contributed by atoms with Crippen LogP contribution >= 0.6 is 0 Å². The average molecular weight is 214 g/mol. The van der Waals surface area contributed by atoms with Gasteiger partial charge in [0.2, 0.25) is 0 Å². The Labute approximate surface area is 87.1 Å². The predicted octanol–water partition coefficient (Wildman–Crippen LogP) is -0.0999. The number of hydrogen-bond donors (Lipinski definition) is 3. The lowest BCUT2D eigenvalue weighted by atomic mass is 10.4. The van der Waals surface area contributed by atoms with Crippen LogP contribution in [0.15, 0.2) is 18.3 Å². The number of nitrogens with zero attached hydrogens (tertiary/aromatic N) is 1. The van der Waals surface area contributed by atoms with Crippen molar-refractivity contribution in [3.05, 3.63) is 24.0 Å². The van der Waals surface area contributed by atoms with Crippen LogP contribution < -0.4 is 5.32 Å². The molecule has 0 unspecified atom stereocenters. The standard InChI is InChI=1S/C7H12N2.C2H2O4/c1-8-6-7-4-3-5-9(7)2;3-1(4)2(5)6/h3-5,8H,6H2,1-2H3;(H,3,4)(H,5,6). The van der Waals surface area contributed by atoms with E-state index in [1.807, 2.05) is 26.4 Å². The highest BCUT2D eigenvalue weighted by atomic mass is 16.4. The molecule has 3 N–H and O–H groups in total. The van der Waals surface area contributed by atoms with Crippen LogP contribution in [0.4, 0.5) is 0 Å². The molecule has 1 aromatic rings. The number of carboxylic acids is 2. The van der Waals surface area contributed by atoms with Gasteiger partial charge in [0.25, 0.3) is 0 Å². The highest BCUT2D eigenvalue weighted by molar-refractivity contribution is 6.27. The first-order chi connectivity index (χ1) is 6.99. The van der Waals surface area contributed by atoms with Gasteiger partial charge in [0.1, 0.15) is 0 Å². The van der Waals surface area contributed by atoms with E-state index in [1.54, 1.807) is 0 Å². The van der Waals surface area contributed by atoms with Crippen molar-refractivity contribution in [2.24, 2.45) is 7.05 Å². The number of carbonyl (C=O) groups is 2. The first-order valence-corrected chi connectivity index (χ1v) is 4.20. The van der Waals surface area contributed by atoms with Gasteiger partial charge in [0, 0.05) is 25.5 Å². The molecule has 1 rings (SSSR count). The van der Waals surface area contributed by atoms with Gasteiger partial charge in [-0.25, -0.2) is 9.59 Å². The lowest BCUT2D eigenvalue weighted by Crippen LogP contribution is -2.09. The van der Waals surface area contributed by atoms with Crippen molar-refractivity contribution in [1.29, 1.82) is 0 Å². The zero-order valence-electron chi connectivity index (χ0n) is 8.60. The van der Waals surface area contributed by atoms with Crippen molar-refractivity contribution in [3.8, 4) is 0 Å². The second kappa shape index (κ2) is 6.61. The van der Waals surface area contributed by atoms with Gasteiger partial charge in [-0.05, 0) is 19.2 Å². The van der Waals surface area contributed by atoms with Crippen LogP contribution in [-0.4, -0.2) is 33.8 Å². The van der Waals surface area contributed by atoms with Gasteiger partial charge in [0.05, 0.1) is 0 Å². The molecule has 0 radical (unpaired) electrons. The second-order valence-corrected chi connectivity index (χ2v) is 2.75. The van der Waals surface area contributed by atoms with Gasteiger partial charge in [-0.2, -0.15) is 0 Å². The van der Waals surface area contributed by atoms with Gasteiger partial charge in [-0.1, -0.05) is 0 Å². The molecular weight excluding hydrogens is 200 g/mol. The summed E-state index contributed by atoms with van der Waals surface area (Å²) in [6.07, 6.45) is 2.05. The summed E-state index contributed by atoms with van der Waals surface area (Å²) >= 11 is 0. The number of nitrogens with one attached hydrogen (secondary N) is 1. The quantitative estimate of drug-likeness (QED) is 0.598. The van der Waals surface area contributed by atoms with Gasteiger partial charge < -0.3 is 20.1 Å². The summed E-state index contributed by atoms with van der Waals surface area (Å²) in [4.78, 5) is 18.2. The summed E-state index contributed by atoms with van der Waals surface area (Å²) in [5.41, 5.74) is 1.32. The molecule has 0 saturated heterocycles. The van der Waals surface area contributed by atoms with E-state index in [2.05, 4.69) is 16.0 Å². The van der Waals surface area contributed by atoms with Gasteiger partial charge >= 0.3 is 11.9 Å². The van der Waals surface area contributed by atoms with E-state index in [0.717, 1.165) is 6.54 Å². The maximum atomic E-state index is 9.10. The molecule has 1 aromatic heterocycles. The van der Waals surface area contributed by atoms with Crippen molar-refractivity contribution in [3.63, 3.8) is 0 Å². The molecule has 0 amide bonds. The van der Waals surface area contributed by atoms with Crippen LogP contribution in [-0.2, 0) is 23.2 Å². The van der Waals surface area contributed by atoms with E-state index in [-0.39, 0.29) is 0 Å². The van der Waals surface area contributed by atoms with Crippen molar-refractivity contribution < 1.29 is 19.8 Å². The predicted molar refractivity (Wildman–Crippen MR) is 53.4 cm³/mol. The van der Waals surface area contributed by atoms with Crippen molar-refractivity contribution >= 4 is 11.9 Å². The van der Waals surface area contributed by atoms with E-state index in [1.165, 1.54) is 5.69 Å². The lowest BCUT2D eigenvalue weighted by molar-refractivity contribution is -0.159. The van der Waals surface area contributed by atoms with E-state index in [4.69, 9.17) is 19.8 Å². The van der Waals surface area contributed by atoms with Crippen molar-refractivity contribution in [2.45, 2.75) is 6.54 Å². The smallest absolute Gasteiger partial charge is 0.414 e. The van der Waals surface area contributed by atoms with Crippen LogP contribution in [0.1, 0.15) is 5.69 Å². The first kappa shape index (κ1) is 13.2. The molecule has 0 aliphatic rings. The Morgan fingerprint density at radius 1 is 1.40 bits per heavy atom. The third kappa shape index (κ3) is 5.48. The molecule has 1 heterocycles. The summed E-state index contributed by atoms with van der Waals surface area (Å²) in [5, 5.41) is 17.9. The van der Waals surface area contributed by atoms with E-state index in [0.29, 0.717) is 0 Å². The van der Waals surface area contributed by atoms with Crippen molar-refractivity contribution in [1.82, 2.24) is 9.88 Å². The molecule has 0 aromatic carbocycles. The monoisotopic (exact) mass is 214 g/mol. The molecule has 0 fully saturated rings. The molecule has 0 spiro atoms. The average Bonchev–Trinajstić information content (AvgIpc) is 2.53. The minimum Gasteiger partial charge on any atom is -0.473 e. The van der Waals surface area contributed by atoms with Gasteiger partial charge in [-0.15, -0.1) is 0 Å². The van der Waals surface area contributed by atoms with Crippen LogP contribution in [0.2, 0.25) is 0 Å². The molecule has 0 aliphatic heterocycles. The zero-order valence-corrected chi connectivity index (χ0v) is 8.60. The highest BCUT2D eigenvalue weighted by Crippen LogP contribution is 1.96. The number of aryl methyl sites for hydroxylation is 1. The molecule has 84 valence electrons. The van der Waals surface area contributed by atoms with Gasteiger partial charge in [0.15, 0.2) is 0 Å². The summed E-state index contributed by atoms with van der Waals surface area (Å²) < 4.78 is 2.11. The number of carboxylic acid groups (broad SMARTS) is 2. The molecule has 0 aliphatic carbocycles. The maximum Gasteiger partial charge on any atom is 0.414 e. The molecule has 6 heteroatoms. The maximum absolute atomic E-state index is 9.10.